The summed E-state index contributed by atoms with van der Waals surface area (Å²) in [4.78, 5) is 0. The van der Waals surface area contributed by atoms with Crippen LogP contribution in [-0.2, 0) is 16.2 Å². The van der Waals surface area contributed by atoms with E-state index in [1.165, 1.54) is 297 Å². The Morgan fingerprint density at radius 2 is 0.329 bits per heavy atom. The summed E-state index contributed by atoms with van der Waals surface area (Å²) in [7, 11) is 0. The summed E-state index contributed by atoms with van der Waals surface area (Å²) in [5, 5.41) is 28.3. The molecule has 3 aliphatic rings. The molecule has 0 aromatic heterocycles. The van der Waals surface area contributed by atoms with Gasteiger partial charge in [-0.2, -0.15) is 0 Å². The van der Waals surface area contributed by atoms with Crippen LogP contribution < -0.4 is 0 Å². The van der Waals surface area contributed by atoms with Crippen LogP contribution in [0.1, 0.15) is 74.9 Å². The van der Waals surface area contributed by atoms with Crippen molar-refractivity contribution in [1.82, 2.24) is 0 Å². The third kappa shape index (κ3) is 14.5. The van der Waals surface area contributed by atoms with Crippen molar-refractivity contribution in [2.45, 2.75) is 57.8 Å². The lowest BCUT2D eigenvalue weighted by molar-refractivity contribution is 0.661. The highest BCUT2D eigenvalue weighted by molar-refractivity contribution is 6.26. The summed E-state index contributed by atoms with van der Waals surface area (Å²) in [6.45, 7) is 14.2. The summed E-state index contributed by atoms with van der Waals surface area (Å²) in [6, 6.07) is 194. The first-order chi connectivity index (χ1) is 73.2. The highest BCUT2D eigenvalue weighted by Gasteiger charge is 2.41. The second kappa shape index (κ2) is 35.1. The molecule has 0 amide bonds. The quantitative estimate of drug-likeness (QED) is 0.120. The van der Waals surface area contributed by atoms with Crippen molar-refractivity contribution in [3.8, 4) is 145 Å². The van der Waals surface area contributed by atoms with Crippen LogP contribution in [0.4, 0.5) is 0 Å². The fourth-order valence-electron chi connectivity index (χ4n) is 26.1. The molecule has 0 saturated heterocycles. The molecule has 0 aliphatic heterocycles. The van der Waals surface area contributed by atoms with Crippen LogP contribution in [0.2, 0.25) is 0 Å². The summed E-state index contributed by atoms with van der Waals surface area (Å²) in [5.41, 5.74) is 41.5. The predicted octanol–water partition coefficient (Wildman–Crippen LogP) is 41.3. The molecule has 0 unspecified atom stereocenters. The first kappa shape index (κ1) is 88.5. The molecule has 149 heavy (non-hydrogen) atoms. The van der Waals surface area contributed by atoms with E-state index < -0.39 is 0 Å². The fourth-order valence-corrected chi connectivity index (χ4v) is 26.1. The monoisotopic (exact) mass is 1890 g/mol. The number of rotatable bonds is 10. The van der Waals surface area contributed by atoms with Gasteiger partial charge >= 0.3 is 0 Å². The largest absolute Gasteiger partial charge is 0.0622 e. The molecule has 0 spiro atoms. The lowest BCUT2D eigenvalue weighted by atomic mass is 9.80. The molecule has 3 aliphatic carbocycles. The molecule has 0 atom stereocenters. The molecule has 0 N–H and O–H groups in total. The smallest absolute Gasteiger partial charge is 0.0165 e. The second-order valence-corrected chi connectivity index (χ2v) is 42.7. The SMILES string of the molecule is CC1(C)c2ccc(-c3ccc(-c4ccc5c(-c6ccccc6)c6ccccc6c(-c6ccccc6)c5c4)cc3)cc2-c2ccc3ccccc3c21.CC1(C)c2ccc(-c3ccc4c(-c5ccc6ccccc6c5)c5ccccc5c(-c5ccc6ccccc6c5)c4c3)cc2-c2cc3ccccc3cc21.CC1(C)c2ccc(-c3ccc4c(-c5ccccc5)c5ccccc5c(-c5ccccc5)c4c3)cc2-c2ccc3ccccc3c21. The maximum absolute atomic E-state index is 2.46. The Hall–Kier alpha value is -18.2. The Balaban J connectivity index is 0.000000108. The van der Waals surface area contributed by atoms with E-state index in [2.05, 4.69) is 563 Å². The van der Waals surface area contributed by atoms with E-state index in [1.54, 1.807) is 0 Å². The van der Waals surface area contributed by atoms with Crippen molar-refractivity contribution in [2.75, 3.05) is 0 Å². The molecule has 27 aromatic carbocycles. The molecule has 0 nitrogen and oxygen atoms in total. The first-order valence-corrected chi connectivity index (χ1v) is 52.5. The lowest BCUT2D eigenvalue weighted by Crippen LogP contribution is -2.15. The molecule has 0 bridgehead atoms. The van der Waals surface area contributed by atoms with Gasteiger partial charge in [0.05, 0.1) is 0 Å². The molecule has 0 saturated carbocycles. The minimum atomic E-state index is -0.0620. The molecule has 27 aromatic rings. The Morgan fingerprint density at radius 1 is 0.107 bits per heavy atom. The lowest BCUT2D eigenvalue weighted by Gasteiger charge is -2.23. The number of hydrogen-bond donors (Lipinski definition) is 0. The van der Waals surface area contributed by atoms with Crippen LogP contribution in [0.5, 0.6) is 0 Å². The molecule has 0 fully saturated rings. The van der Waals surface area contributed by atoms with Crippen molar-refractivity contribution >= 4 is 118 Å². The van der Waals surface area contributed by atoms with Crippen LogP contribution in [-0.4, -0.2) is 0 Å². The summed E-state index contributed by atoms with van der Waals surface area (Å²) in [6.07, 6.45) is 0. The van der Waals surface area contributed by atoms with Crippen molar-refractivity contribution in [1.29, 1.82) is 0 Å². The third-order valence-corrected chi connectivity index (χ3v) is 33.2. The van der Waals surface area contributed by atoms with Crippen LogP contribution in [0, 0.1) is 0 Å². The summed E-state index contributed by atoms with van der Waals surface area (Å²) < 4.78 is 0. The van der Waals surface area contributed by atoms with Gasteiger partial charge in [-0.3, -0.25) is 0 Å². The molecular weight excluding hydrogens is 1790 g/mol. The van der Waals surface area contributed by atoms with Gasteiger partial charge in [0.1, 0.15) is 0 Å². The van der Waals surface area contributed by atoms with Crippen molar-refractivity contribution in [2.24, 2.45) is 0 Å². The Morgan fingerprint density at radius 3 is 0.691 bits per heavy atom. The normalized spacial score (nSPS) is 13.2. The highest BCUT2D eigenvalue weighted by atomic mass is 14.4. The molecule has 0 heterocycles. The average Bonchev–Trinajstić information content (AvgIpc) is 1.66. The molecule has 700 valence electrons. The van der Waals surface area contributed by atoms with E-state index >= 15 is 0 Å². The van der Waals surface area contributed by atoms with Crippen LogP contribution in [0.15, 0.2) is 522 Å². The molecular formula is C149H104. The van der Waals surface area contributed by atoms with Crippen LogP contribution >= 0.6 is 0 Å². The van der Waals surface area contributed by atoms with Gasteiger partial charge in [0.15, 0.2) is 0 Å². The van der Waals surface area contributed by atoms with Crippen molar-refractivity contribution in [3.05, 3.63) is 555 Å². The average molecular weight is 1890 g/mol. The van der Waals surface area contributed by atoms with Gasteiger partial charge in [-0.1, -0.05) is 503 Å². The minimum absolute atomic E-state index is 0.0473. The van der Waals surface area contributed by atoms with Gasteiger partial charge in [0, 0.05) is 16.2 Å². The zero-order chi connectivity index (χ0) is 99.5. The number of benzene rings is 27. The predicted molar refractivity (Wildman–Crippen MR) is 639 cm³/mol. The fraction of sp³-hybridized carbons (Fsp3) is 0.0604. The Kier molecular flexibility index (Phi) is 20.8. The van der Waals surface area contributed by atoms with Crippen molar-refractivity contribution in [3.63, 3.8) is 0 Å². The Labute approximate surface area is 869 Å². The van der Waals surface area contributed by atoms with Crippen molar-refractivity contribution < 1.29 is 0 Å². The molecule has 0 heteroatoms. The maximum Gasteiger partial charge on any atom is 0.0165 e. The van der Waals surface area contributed by atoms with E-state index in [4.69, 9.17) is 0 Å². The topological polar surface area (TPSA) is 0 Å². The number of fused-ring (bicyclic) bond motifs is 22. The van der Waals surface area contributed by atoms with Gasteiger partial charge in [-0.25, -0.2) is 0 Å². The zero-order valence-electron chi connectivity index (χ0n) is 84.2. The first-order valence-electron chi connectivity index (χ1n) is 52.5. The molecule has 0 radical (unpaired) electrons. The maximum atomic E-state index is 2.46. The van der Waals surface area contributed by atoms with Gasteiger partial charge < -0.3 is 0 Å². The van der Waals surface area contributed by atoms with E-state index in [0.717, 1.165) is 0 Å². The van der Waals surface area contributed by atoms with E-state index in [9.17, 15) is 0 Å². The summed E-state index contributed by atoms with van der Waals surface area (Å²) in [5.74, 6) is 0. The summed E-state index contributed by atoms with van der Waals surface area (Å²) >= 11 is 0. The number of hydrogen-bond acceptors (Lipinski definition) is 0. The molecule has 30 rings (SSSR count). The van der Waals surface area contributed by atoms with Crippen LogP contribution in [0.3, 0.4) is 0 Å². The minimum Gasteiger partial charge on any atom is -0.0622 e. The van der Waals surface area contributed by atoms with Gasteiger partial charge in [0.25, 0.3) is 0 Å². The van der Waals surface area contributed by atoms with E-state index in [-0.39, 0.29) is 16.2 Å². The van der Waals surface area contributed by atoms with E-state index in [0.29, 0.717) is 0 Å². The van der Waals surface area contributed by atoms with Gasteiger partial charge in [-0.05, 0) is 357 Å². The Bertz CT molecular complexity index is 10200. The van der Waals surface area contributed by atoms with E-state index in [1.807, 2.05) is 0 Å². The zero-order valence-corrected chi connectivity index (χ0v) is 84.2. The highest BCUT2D eigenvalue weighted by Crippen LogP contribution is 2.58. The van der Waals surface area contributed by atoms with Gasteiger partial charge in [0.2, 0.25) is 0 Å². The second-order valence-electron chi connectivity index (χ2n) is 42.7. The third-order valence-electron chi connectivity index (χ3n) is 33.2. The van der Waals surface area contributed by atoms with Crippen LogP contribution in [0.25, 0.3) is 263 Å². The standard InChI is InChI=1S/C53H36.C51H36.C45H32/c1-53(2)49-26-24-40(30-46(49)47-29-37-15-7-8-16-38(37)32-50(47)53)39-23-25-45-48(31-39)52(42-22-20-34-12-4-6-14-36(34)28-42)44-18-10-9-17-43(44)51(45)41-21-19-33-11-3-5-13-35(33)27-41;1-51(2)47-30-27-39(31-45(47)44-29-25-35-13-9-10-18-40(35)50(44)51)34-23-21-33(22-24-34)38-26-28-43-46(32-38)49(37-16-7-4-8-17-37)42-20-12-11-19-41(42)48(43)36-14-5-3-6-15-36;1-45(2)41-26-23-33(27-39(41)38-25-21-29-13-9-10-18-34(29)44(38)45)32-22-24-37-40(28-32)43(31-16-7-4-8-17-31)36-20-12-11-19-35(36)42(37)30-14-5-3-6-15-30/h3-32H,1-2H3;3-32H,1-2H3;3-28H,1-2H3. The van der Waals surface area contributed by atoms with Gasteiger partial charge in [-0.15, -0.1) is 0 Å².